The number of nitrogens with zero attached hydrogens (tertiary/aromatic N) is 1. The van der Waals surface area contributed by atoms with Gasteiger partial charge in [-0.2, -0.15) is 5.26 Å². The average Bonchev–Trinajstić information content (AvgIpc) is 3.09. The van der Waals surface area contributed by atoms with Crippen LogP contribution in [0.4, 0.5) is 0 Å². The lowest BCUT2D eigenvalue weighted by molar-refractivity contribution is 0.332. The lowest BCUT2D eigenvalue weighted by Gasteiger charge is -2.20. The molecule has 1 aromatic carbocycles. The van der Waals surface area contributed by atoms with Gasteiger partial charge in [0.05, 0.1) is 11.5 Å². The van der Waals surface area contributed by atoms with Crippen molar-refractivity contribution < 1.29 is 0 Å². The van der Waals surface area contributed by atoms with Crippen LogP contribution in [0.1, 0.15) is 44.1 Å². The summed E-state index contributed by atoms with van der Waals surface area (Å²) in [6, 6.07) is 13.4. The van der Waals surface area contributed by atoms with Crippen molar-refractivity contribution in [1.29, 1.82) is 5.26 Å². The number of nitriles is 1. The molecule has 0 N–H and O–H groups in total. The fourth-order valence-electron chi connectivity index (χ4n) is 3.73. The molecule has 2 aliphatic rings. The van der Waals surface area contributed by atoms with E-state index in [0.717, 1.165) is 18.8 Å². The van der Waals surface area contributed by atoms with Gasteiger partial charge in [0.25, 0.3) is 0 Å². The SMILES string of the molecule is CC1CCC(C#N)(C2CC2c2ccccc2)C1. The predicted molar refractivity (Wildman–Crippen MR) is 68.4 cm³/mol. The molecule has 4 unspecified atom stereocenters. The zero-order chi connectivity index (χ0) is 11.9. The van der Waals surface area contributed by atoms with Gasteiger partial charge in [0.15, 0.2) is 0 Å². The quantitative estimate of drug-likeness (QED) is 0.742. The Morgan fingerprint density at radius 2 is 2.06 bits per heavy atom. The number of rotatable bonds is 2. The summed E-state index contributed by atoms with van der Waals surface area (Å²) in [5.74, 6) is 2.02. The molecular formula is C16H19N. The number of hydrogen-bond donors (Lipinski definition) is 0. The van der Waals surface area contributed by atoms with Gasteiger partial charge in [-0.3, -0.25) is 0 Å². The van der Waals surface area contributed by atoms with Gasteiger partial charge < -0.3 is 0 Å². The summed E-state index contributed by atoms with van der Waals surface area (Å²) in [6.07, 6.45) is 4.71. The fourth-order valence-corrected chi connectivity index (χ4v) is 3.73. The van der Waals surface area contributed by atoms with E-state index in [-0.39, 0.29) is 5.41 Å². The van der Waals surface area contributed by atoms with Gasteiger partial charge in [0.1, 0.15) is 0 Å². The molecule has 1 heteroatoms. The standard InChI is InChI=1S/C16H19N/c1-12-7-8-16(10-12,11-17)15-9-14(15)13-5-3-2-4-6-13/h2-6,12,14-15H,7-10H2,1H3. The van der Waals surface area contributed by atoms with E-state index in [4.69, 9.17) is 0 Å². The molecule has 0 amide bonds. The molecule has 1 nitrogen and oxygen atoms in total. The van der Waals surface area contributed by atoms with Crippen molar-refractivity contribution in [3.63, 3.8) is 0 Å². The summed E-state index contributed by atoms with van der Waals surface area (Å²) in [4.78, 5) is 0. The summed E-state index contributed by atoms with van der Waals surface area (Å²) in [6.45, 7) is 2.29. The maximum Gasteiger partial charge on any atom is 0.0693 e. The van der Waals surface area contributed by atoms with Crippen LogP contribution in [0.5, 0.6) is 0 Å². The molecule has 0 heterocycles. The lowest BCUT2D eigenvalue weighted by Crippen LogP contribution is -2.18. The second kappa shape index (κ2) is 3.88. The Morgan fingerprint density at radius 3 is 2.65 bits per heavy atom. The molecule has 17 heavy (non-hydrogen) atoms. The topological polar surface area (TPSA) is 23.8 Å². The van der Waals surface area contributed by atoms with Gasteiger partial charge in [-0.05, 0) is 49.0 Å². The molecule has 0 radical (unpaired) electrons. The van der Waals surface area contributed by atoms with Gasteiger partial charge >= 0.3 is 0 Å². The molecule has 3 rings (SSSR count). The Hall–Kier alpha value is -1.29. The molecule has 1 aromatic rings. The summed E-state index contributed by atoms with van der Waals surface area (Å²) in [5, 5.41) is 9.56. The van der Waals surface area contributed by atoms with Crippen molar-refractivity contribution >= 4 is 0 Å². The lowest BCUT2D eigenvalue weighted by atomic mass is 9.80. The molecule has 4 atom stereocenters. The second-order valence-corrected chi connectivity index (χ2v) is 5.98. The highest BCUT2D eigenvalue weighted by molar-refractivity contribution is 5.29. The minimum Gasteiger partial charge on any atom is -0.198 e. The summed E-state index contributed by atoms with van der Waals surface area (Å²) < 4.78 is 0. The van der Waals surface area contributed by atoms with Crippen molar-refractivity contribution in [3.8, 4) is 6.07 Å². The molecule has 2 aliphatic carbocycles. The molecular weight excluding hydrogens is 206 g/mol. The highest BCUT2D eigenvalue weighted by Crippen LogP contribution is 2.63. The van der Waals surface area contributed by atoms with E-state index in [9.17, 15) is 5.26 Å². The van der Waals surface area contributed by atoms with Crippen molar-refractivity contribution in [3.05, 3.63) is 35.9 Å². The zero-order valence-corrected chi connectivity index (χ0v) is 10.4. The van der Waals surface area contributed by atoms with E-state index < -0.39 is 0 Å². The zero-order valence-electron chi connectivity index (χ0n) is 10.4. The third kappa shape index (κ3) is 1.76. The Morgan fingerprint density at radius 1 is 1.29 bits per heavy atom. The molecule has 0 aromatic heterocycles. The van der Waals surface area contributed by atoms with Crippen molar-refractivity contribution in [2.75, 3.05) is 0 Å². The van der Waals surface area contributed by atoms with Crippen LogP contribution in [0, 0.1) is 28.6 Å². The van der Waals surface area contributed by atoms with Crippen molar-refractivity contribution in [2.24, 2.45) is 17.3 Å². The first kappa shape index (κ1) is 10.8. The summed E-state index contributed by atoms with van der Waals surface area (Å²) in [5.41, 5.74) is 1.44. The van der Waals surface area contributed by atoms with Gasteiger partial charge in [-0.15, -0.1) is 0 Å². The Bertz CT molecular complexity index is 444. The Kier molecular flexibility index (Phi) is 2.47. The van der Waals surface area contributed by atoms with E-state index in [0.29, 0.717) is 11.8 Å². The highest BCUT2D eigenvalue weighted by Gasteiger charge is 2.55. The largest absolute Gasteiger partial charge is 0.198 e. The second-order valence-electron chi connectivity index (χ2n) is 5.98. The van der Waals surface area contributed by atoms with Crippen LogP contribution in [0.25, 0.3) is 0 Å². The third-order valence-electron chi connectivity index (χ3n) is 4.75. The molecule has 0 spiro atoms. The maximum atomic E-state index is 9.56. The molecule has 2 fully saturated rings. The van der Waals surface area contributed by atoms with E-state index in [2.05, 4.69) is 43.3 Å². The minimum absolute atomic E-state index is 0.0000746. The van der Waals surface area contributed by atoms with E-state index in [1.807, 2.05) is 0 Å². The summed E-state index contributed by atoms with van der Waals surface area (Å²) >= 11 is 0. The van der Waals surface area contributed by atoms with Crippen LogP contribution in [-0.4, -0.2) is 0 Å². The van der Waals surface area contributed by atoms with E-state index in [1.165, 1.54) is 18.4 Å². The van der Waals surface area contributed by atoms with Crippen molar-refractivity contribution in [2.45, 2.75) is 38.5 Å². The van der Waals surface area contributed by atoms with Crippen molar-refractivity contribution in [1.82, 2.24) is 0 Å². The number of hydrogen-bond acceptors (Lipinski definition) is 1. The molecule has 2 saturated carbocycles. The summed E-state index contributed by atoms with van der Waals surface area (Å²) in [7, 11) is 0. The fraction of sp³-hybridized carbons (Fsp3) is 0.562. The van der Waals surface area contributed by atoms with Gasteiger partial charge in [-0.1, -0.05) is 37.3 Å². The first-order valence-electron chi connectivity index (χ1n) is 6.71. The van der Waals surface area contributed by atoms with Crippen LogP contribution >= 0.6 is 0 Å². The van der Waals surface area contributed by atoms with Crippen LogP contribution in [0.15, 0.2) is 30.3 Å². The van der Waals surface area contributed by atoms with E-state index in [1.54, 1.807) is 0 Å². The number of benzene rings is 1. The Labute approximate surface area is 103 Å². The highest BCUT2D eigenvalue weighted by atomic mass is 14.6. The monoisotopic (exact) mass is 225 g/mol. The normalized spacial score (nSPS) is 39.9. The third-order valence-corrected chi connectivity index (χ3v) is 4.75. The molecule has 0 aliphatic heterocycles. The van der Waals surface area contributed by atoms with Crippen LogP contribution in [-0.2, 0) is 0 Å². The molecule has 0 saturated heterocycles. The van der Waals surface area contributed by atoms with Gasteiger partial charge in [0.2, 0.25) is 0 Å². The Balaban J connectivity index is 1.78. The van der Waals surface area contributed by atoms with Gasteiger partial charge in [-0.25, -0.2) is 0 Å². The predicted octanol–water partition coefficient (Wildman–Crippen LogP) is 4.12. The van der Waals surface area contributed by atoms with Crippen LogP contribution in [0.2, 0.25) is 0 Å². The van der Waals surface area contributed by atoms with Crippen LogP contribution in [0.3, 0.4) is 0 Å². The van der Waals surface area contributed by atoms with Crippen LogP contribution < -0.4 is 0 Å². The molecule has 88 valence electrons. The van der Waals surface area contributed by atoms with Gasteiger partial charge in [0, 0.05) is 0 Å². The molecule has 0 bridgehead atoms. The minimum atomic E-state index is -0.0000746. The maximum absolute atomic E-state index is 9.56. The first-order valence-corrected chi connectivity index (χ1v) is 6.71. The van der Waals surface area contributed by atoms with E-state index >= 15 is 0 Å². The first-order chi connectivity index (χ1) is 8.25. The smallest absolute Gasteiger partial charge is 0.0693 e. The average molecular weight is 225 g/mol.